The molecule has 0 radical (unpaired) electrons. The summed E-state index contributed by atoms with van der Waals surface area (Å²) in [6, 6.07) is 5.09. The average Bonchev–Trinajstić information content (AvgIpc) is 2.72. The van der Waals surface area contributed by atoms with Gasteiger partial charge in [0.1, 0.15) is 0 Å². The van der Waals surface area contributed by atoms with Crippen molar-refractivity contribution in [3.8, 4) is 0 Å². The maximum absolute atomic E-state index is 12.5. The van der Waals surface area contributed by atoms with E-state index in [0.29, 0.717) is 17.7 Å². The second-order valence-electron chi connectivity index (χ2n) is 7.47. The number of hydrogen-bond donors (Lipinski definition) is 0. The number of unbranched alkanes of at least 4 members (excludes halogenated alkanes) is 10. The Morgan fingerprint density at radius 1 is 0.724 bits per heavy atom. The summed E-state index contributed by atoms with van der Waals surface area (Å²) < 4.78 is 11.4. The average molecular weight is 469 g/mol. The Kier molecular flexibility index (Phi) is 14.6. The molecular formula is C24H37BrO4. The van der Waals surface area contributed by atoms with Gasteiger partial charge in [0.05, 0.1) is 24.3 Å². The first-order valence-electron chi connectivity index (χ1n) is 11.2. The highest BCUT2D eigenvalue weighted by Gasteiger charge is 2.22. The van der Waals surface area contributed by atoms with E-state index in [2.05, 4.69) is 29.8 Å². The van der Waals surface area contributed by atoms with Gasteiger partial charge in [0.15, 0.2) is 0 Å². The smallest absolute Gasteiger partial charge is 0.340 e. The molecule has 0 atom stereocenters. The largest absolute Gasteiger partial charge is 0.462 e. The minimum atomic E-state index is -0.474. The van der Waals surface area contributed by atoms with E-state index in [0.717, 1.165) is 38.5 Å². The maximum atomic E-state index is 12.5. The van der Waals surface area contributed by atoms with Crippen LogP contribution in [-0.2, 0) is 9.47 Å². The Morgan fingerprint density at radius 2 is 1.21 bits per heavy atom. The van der Waals surface area contributed by atoms with Crippen molar-refractivity contribution in [1.82, 2.24) is 0 Å². The number of hydrogen-bond acceptors (Lipinski definition) is 4. The Hall–Kier alpha value is -1.36. The SMILES string of the molecule is CCCCCCCCOC(=O)c1cccc(Br)c1C(=O)OCCCCCCCC. The number of esters is 2. The van der Waals surface area contributed by atoms with Gasteiger partial charge in [0.2, 0.25) is 0 Å². The van der Waals surface area contributed by atoms with E-state index in [1.807, 2.05) is 0 Å². The minimum Gasteiger partial charge on any atom is -0.462 e. The first-order valence-corrected chi connectivity index (χ1v) is 12.0. The first kappa shape index (κ1) is 25.7. The zero-order valence-corrected chi connectivity index (χ0v) is 19.7. The molecule has 1 aromatic rings. The first-order chi connectivity index (χ1) is 14.1. The van der Waals surface area contributed by atoms with Crippen molar-refractivity contribution in [2.75, 3.05) is 13.2 Å². The lowest BCUT2D eigenvalue weighted by molar-refractivity contribution is 0.0449. The Balaban J connectivity index is 2.46. The van der Waals surface area contributed by atoms with Gasteiger partial charge in [0, 0.05) is 4.47 Å². The maximum Gasteiger partial charge on any atom is 0.340 e. The van der Waals surface area contributed by atoms with E-state index >= 15 is 0 Å². The predicted molar refractivity (Wildman–Crippen MR) is 121 cm³/mol. The van der Waals surface area contributed by atoms with Crippen LogP contribution in [-0.4, -0.2) is 25.2 Å². The predicted octanol–water partition coefficient (Wildman–Crippen LogP) is 7.48. The lowest BCUT2D eigenvalue weighted by Crippen LogP contribution is -2.15. The zero-order chi connectivity index (χ0) is 21.3. The van der Waals surface area contributed by atoms with Crippen molar-refractivity contribution in [1.29, 1.82) is 0 Å². The summed E-state index contributed by atoms with van der Waals surface area (Å²) in [7, 11) is 0. The van der Waals surface area contributed by atoms with Crippen LogP contribution >= 0.6 is 15.9 Å². The molecule has 4 nitrogen and oxygen atoms in total. The summed E-state index contributed by atoms with van der Waals surface area (Å²) in [4.78, 5) is 25.0. The summed E-state index contributed by atoms with van der Waals surface area (Å²) >= 11 is 3.38. The molecule has 0 amide bonds. The molecule has 0 aliphatic carbocycles. The Bertz CT molecular complexity index is 601. The van der Waals surface area contributed by atoms with E-state index in [9.17, 15) is 9.59 Å². The number of halogens is 1. The van der Waals surface area contributed by atoms with Crippen molar-refractivity contribution in [3.63, 3.8) is 0 Å². The highest BCUT2D eigenvalue weighted by Crippen LogP contribution is 2.23. The van der Waals surface area contributed by atoms with Crippen LogP contribution < -0.4 is 0 Å². The molecule has 29 heavy (non-hydrogen) atoms. The lowest BCUT2D eigenvalue weighted by Gasteiger charge is -2.11. The van der Waals surface area contributed by atoms with Crippen LogP contribution in [0.2, 0.25) is 0 Å². The van der Waals surface area contributed by atoms with E-state index < -0.39 is 11.9 Å². The molecule has 0 bridgehead atoms. The second-order valence-corrected chi connectivity index (χ2v) is 8.32. The monoisotopic (exact) mass is 468 g/mol. The fourth-order valence-electron chi connectivity index (χ4n) is 3.15. The molecule has 0 spiro atoms. The van der Waals surface area contributed by atoms with E-state index in [1.54, 1.807) is 18.2 Å². The molecule has 0 heterocycles. The van der Waals surface area contributed by atoms with Gasteiger partial charge >= 0.3 is 11.9 Å². The Morgan fingerprint density at radius 3 is 1.76 bits per heavy atom. The molecule has 0 saturated heterocycles. The third kappa shape index (κ3) is 10.8. The summed E-state index contributed by atoms with van der Waals surface area (Å²) in [6.07, 6.45) is 13.5. The van der Waals surface area contributed by atoms with Crippen molar-refractivity contribution in [3.05, 3.63) is 33.8 Å². The van der Waals surface area contributed by atoms with Gasteiger partial charge < -0.3 is 9.47 Å². The number of benzene rings is 1. The molecule has 0 aliphatic heterocycles. The fourth-order valence-corrected chi connectivity index (χ4v) is 3.67. The fraction of sp³-hybridized carbons (Fsp3) is 0.667. The van der Waals surface area contributed by atoms with Crippen molar-refractivity contribution in [2.24, 2.45) is 0 Å². The molecule has 1 aromatic carbocycles. The van der Waals surface area contributed by atoms with Crippen LogP contribution in [0.3, 0.4) is 0 Å². The van der Waals surface area contributed by atoms with Gasteiger partial charge in [-0.05, 0) is 40.9 Å². The van der Waals surface area contributed by atoms with Crippen molar-refractivity contribution >= 4 is 27.9 Å². The topological polar surface area (TPSA) is 52.6 Å². The second kappa shape index (κ2) is 16.4. The molecule has 0 saturated carbocycles. The van der Waals surface area contributed by atoms with Crippen molar-refractivity contribution in [2.45, 2.75) is 90.9 Å². The molecule has 0 fully saturated rings. The van der Waals surface area contributed by atoms with Gasteiger partial charge in [-0.2, -0.15) is 0 Å². The standard InChI is InChI=1S/C24H37BrO4/c1-3-5-7-9-11-13-18-28-23(26)20-16-15-17-21(25)22(20)24(27)29-19-14-12-10-8-6-4-2/h15-17H,3-14,18-19H2,1-2H3. The van der Waals surface area contributed by atoms with Gasteiger partial charge in [-0.3, -0.25) is 0 Å². The van der Waals surface area contributed by atoms with Crippen LogP contribution in [0.4, 0.5) is 0 Å². The third-order valence-corrected chi connectivity index (χ3v) is 5.56. The van der Waals surface area contributed by atoms with Crippen LogP contribution in [0.15, 0.2) is 22.7 Å². The zero-order valence-electron chi connectivity index (χ0n) is 18.1. The number of rotatable bonds is 16. The van der Waals surface area contributed by atoms with E-state index in [1.165, 1.54) is 38.5 Å². The molecule has 5 heteroatoms. The van der Waals surface area contributed by atoms with Gasteiger partial charge in [-0.1, -0.05) is 84.1 Å². The van der Waals surface area contributed by atoms with Gasteiger partial charge in [-0.25, -0.2) is 9.59 Å². The quantitative estimate of drug-likeness (QED) is 0.186. The van der Waals surface area contributed by atoms with Crippen LogP contribution in [0.25, 0.3) is 0 Å². The molecule has 0 aliphatic rings. The normalized spacial score (nSPS) is 10.7. The molecule has 0 unspecified atom stereocenters. The molecule has 164 valence electrons. The minimum absolute atomic E-state index is 0.256. The van der Waals surface area contributed by atoms with E-state index in [-0.39, 0.29) is 11.1 Å². The van der Waals surface area contributed by atoms with Gasteiger partial charge in [0.25, 0.3) is 0 Å². The number of carbonyl (C=O) groups is 2. The summed E-state index contributed by atoms with van der Waals surface area (Å²) in [6.45, 7) is 5.13. The number of ether oxygens (including phenoxy) is 2. The van der Waals surface area contributed by atoms with Crippen LogP contribution in [0.1, 0.15) is 112 Å². The highest BCUT2D eigenvalue weighted by atomic mass is 79.9. The molecule has 1 rings (SSSR count). The summed E-state index contributed by atoms with van der Waals surface area (Å²) in [5.41, 5.74) is 0.518. The van der Waals surface area contributed by atoms with Crippen molar-refractivity contribution < 1.29 is 19.1 Å². The van der Waals surface area contributed by atoms with Crippen LogP contribution in [0, 0.1) is 0 Å². The molecule has 0 aromatic heterocycles. The van der Waals surface area contributed by atoms with E-state index in [4.69, 9.17) is 9.47 Å². The Labute approximate surface area is 184 Å². The van der Waals surface area contributed by atoms with Gasteiger partial charge in [-0.15, -0.1) is 0 Å². The summed E-state index contributed by atoms with van der Waals surface area (Å²) in [5.74, 6) is -0.941. The van der Waals surface area contributed by atoms with Crippen LogP contribution in [0.5, 0.6) is 0 Å². The highest BCUT2D eigenvalue weighted by molar-refractivity contribution is 9.10. The molecular weight excluding hydrogens is 432 g/mol. The third-order valence-electron chi connectivity index (χ3n) is 4.90. The number of carbonyl (C=O) groups excluding carboxylic acids is 2. The summed E-state index contributed by atoms with van der Waals surface area (Å²) in [5, 5.41) is 0. The lowest BCUT2D eigenvalue weighted by atomic mass is 10.1. The molecule has 0 N–H and O–H groups in total.